The van der Waals surface area contributed by atoms with Crippen LogP contribution in [0.5, 0.6) is 5.75 Å². The topological polar surface area (TPSA) is 64.6 Å². The van der Waals surface area contributed by atoms with Crippen molar-refractivity contribution in [3.63, 3.8) is 0 Å². The lowest BCUT2D eigenvalue weighted by atomic mass is 10.1. The molecular formula is C25H24FNO4. The summed E-state index contributed by atoms with van der Waals surface area (Å²) in [6, 6.07) is 18.9. The number of nitrogens with one attached hydrogen (secondary N) is 1. The monoisotopic (exact) mass is 421 g/mol. The Hall–Kier alpha value is -3.67. The molecule has 5 nitrogen and oxygen atoms in total. The third kappa shape index (κ3) is 6.40. The highest BCUT2D eigenvalue weighted by Gasteiger charge is 2.11. The Bertz CT molecular complexity index is 1080. The van der Waals surface area contributed by atoms with Crippen LogP contribution in [0, 0.1) is 12.7 Å². The van der Waals surface area contributed by atoms with Crippen LogP contribution < -0.4 is 10.1 Å². The van der Waals surface area contributed by atoms with Crippen LogP contribution in [-0.4, -0.2) is 19.0 Å². The fraction of sp³-hybridized carbons (Fsp3) is 0.200. The van der Waals surface area contributed by atoms with Gasteiger partial charge in [0, 0.05) is 12.1 Å². The molecule has 31 heavy (non-hydrogen) atoms. The highest BCUT2D eigenvalue weighted by Crippen LogP contribution is 2.19. The molecular weight excluding hydrogens is 397 g/mol. The molecule has 0 saturated carbocycles. The maximum atomic E-state index is 13.3. The SMILES string of the molecule is COC(=O)Cc1cccc(CNC(=O)c2cc(OCc3cccc(F)c3)ccc2C)c1. The maximum absolute atomic E-state index is 13.3. The predicted octanol–water partition coefficient (Wildman–Crippen LogP) is 4.36. The Morgan fingerprint density at radius 3 is 2.45 bits per heavy atom. The molecule has 1 amide bonds. The molecule has 0 aromatic heterocycles. The Balaban J connectivity index is 1.63. The number of rotatable bonds is 8. The summed E-state index contributed by atoms with van der Waals surface area (Å²) in [5.41, 5.74) is 3.73. The molecule has 0 radical (unpaired) electrons. The third-order valence-corrected chi connectivity index (χ3v) is 4.77. The van der Waals surface area contributed by atoms with E-state index in [1.165, 1.54) is 19.2 Å². The fourth-order valence-electron chi connectivity index (χ4n) is 3.09. The van der Waals surface area contributed by atoms with Gasteiger partial charge in [-0.15, -0.1) is 0 Å². The predicted molar refractivity (Wildman–Crippen MR) is 115 cm³/mol. The lowest BCUT2D eigenvalue weighted by molar-refractivity contribution is -0.139. The standard InChI is InChI=1S/C25H24FNO4/c1-17-9-10-22(31-16-20-7-4-8-21(26)12-20)14-23(17)25(29)27-15-19-6-3-5-18(11-19)13-24(28)30-2/h3-12,14H,13,15-16H2,1-2H3,(H,27,29). The Kier molecular flexibility index (Phi) is 7.38. The van der Waals surface area contributed by atoms with Crippen LogP contribution >= 0.6 is 0 Å². The Morgan fingerprint density at radius 1 is 0.935 bits per heavy atom. The van der Waals surface area contributed by atoms with E-state index in [4.69, 9.17) is 4.74 Å². The second-order valence-electron chi connectivity index (χ2n) is 7.15. The number of hydrogen-bond acceptors (Lipinski definition) is 4. The molecule has 0 atom stereocenters. The largest absolute Gasteiger partial charge is 0.489 e. The number of ether oxygens (including phenoxy) is 2. The smallest absolute Gasteiger partial charge is 0.309 e. The van der Waals surface area contributed by atoms with Gasteiger partial charge in [-0.25, -0.2) is 4.39 Å². The van der Waals surface area contributed by atoms with E-state index in [1.807, 2.05) is 37.3 Å². The molecule has 6 heteroatoms. The van der Waals surface area contributed by atoms with Crippen LogP contribution in [0.2, 0.25) is 0 Å². The first-order valence-electron chi connectivity index (χ1n) is 9.85. The number of amides is 1. The van der Waals surface area contributed by atoms with Gasteiger partial charge in [0.2, 0.25) is 0 Å². The summed E-state index contributed by atoms with van der Waals surface area (Å²) < 4.78 is 23.7. The fourth-order valence-corrected chi connectivity index (χ4v) is 3.09. The summed E-state index contributed by atoms with van der Waals surface area (Å²) >= 11 is 0. The van der Waals surface area contributed by atoms with Crippen molar-refractivity contribution in [3.05, 3.63) is 100 Å². The van der Waals surface area contributed by atoms with E-state index >= 15 is 0 Å². The van der Waals surface area contributed by atoms with Crippen molar-refractivity contribution < 1.29 is 23.5 Å². The van der Waals surface area contributed by atoms with Crippen LogP contribution in [0.1, 0.15) is 32.6 Å². The molecule has 3 aromatic rings. The molecule has 0 heterocycles. The molecule has 0 bridgehead atoms. The van der Waals surface area contributed by atoms with Gasteiger partial charge in [-0.3, -0.25) is 9.59 Å². The summed E-state index contributed by atoms with van der Waals surface area (Å²) in [4.78, 5) is 24.2. The third-order valence-electron chi connectivity index (χ3n) is 4.77. The zero-order valence-electron chi connectivity index (χ0n) is 17.5. The molecule has 0 unspecified atom stereocenters. The lowest BCUT2D eigenvalue weighted by Crippen LogP contribution is -2.23. The van der Waals surface area contributed by atoms with Crippen LogP contribution in [0.4, 0.5) is 4.39 Å². The normalized spacial score (nSPS) is 10.4. The summed E-state index contributed by atoms with van der Waals surface area (Å²) in [5, 5.41) is 2.90. The molecule has 0 fully saturated rings. The van der Waals surface area contributed by atoms with Gasteiger partial charge < -0.3 is 14.8 Å². The van der Waals surface area contributed by atoms with Crippen molar-refractivity contribution in [1.82, 2.24) is 5.32 Å². The minimum Gasteiger partial charge on any atom is -0.489 e. The van der Waals surface area contributed by atoms with Crippen molar-refractivity contribution in [3.8, 4) is 5.75 Å². The second-order valence-corrected chi connectivity index (χ2v) is 7.15. The van der Waals surface area contributed by atoms with Gasteiger partial charge in [0.25, 0.3) is 5.91 Å². The van der Waals surface area contributed by atoms with Gasteiger partial charge in [0.05, 0.1) is 13.5 Å². The van der Waals surface area contributed by atoms with Crippen LogP contribution in [-0.2, 0) is 29.1 Å². The van der Waals surface area contributed by atoms with Gasteiger partial charge in [0.15, 0.2) is 0 Å². The number of benzene rings is 3. The molecule has 160 valence electrons. The molecule has 0 aliphatic heterocycles. The minimum absolute atomic E-state index is 0.183. The summed E-state index contributed by atoms with van der Waals surface area (Å²) in [7, 11) is 1.35. The van der Waals surface area contributed by atoms with Crippen molar-refractivity contribution in [2.24, 2.45) is 0 Å². The lowest BCUT2D eigenvalue weighted by Gasteiger charge is -2.12. The minimum atomic E-state index is -0.319. The maximum Gasteiger partial charge on any atom is 0.309 e. The average Bonchev–Trinajstić information content (AvgIpc) is 2.77. The van der Waals surface area contributed by atoms with Gasteiger partial charge in [-0.2, -0.15) is 0 Å². The number of carbonyl (C=O) groups excluding carboxylic acids is 2. The summed E-state index contributed by atoms with van der Waals surface area (Å²) in [6.45, 7) is 2.37. The zero-order valence-corrected chi connectivity index (χ0v) is 17.5. The van der Waals surface area contributed by atoms with Crippen LogP contribution in [0.25, 0.3) is 0 Å². The van der Waals surface area contributed by atoms with E-state index in [1.54, 1.807) is 24.3 Å². The van der Waals surface area contributed by atoms with E-state index in [0.717, 1.165) is 16.7 Å². The average molecular weight is 421 g/mol. The van der Waals surface area contributed by atoms with Crippen molar-refractivity contribution >= 4 is 11.9 Å². The molecule has 1 N–H and O–H groups in total. The summed E-state index contributed by atoms with van der Waals surface area (Å²) in [6.07, 6.45) is 0.183. The quantitative estimate of drug-likeness (QED) is 0.549. The van der Waals surface area contributed by atoms with Crippen molar-refractivity contribution in [2.75, 3.05) is 7.11 Å². The first-order chi connectivity index (χ1) is 14.9. The second kappa shape index (κ2) is 10.4. The first-order valence-corrected chi connectivity index (χ1v) is 9.85. The number of aryl methyl sites for hydroxylation is 1. The van der Waals surface area contributed by atoms with Gasteiger partial charge in [0.1, 0.15) is 18.2 Å². The molecule has 3 rings (SSSR count). The number of carbonyl (C=O) groups is 2. The summed E-state index contributed by atoms with van der Waals surface area (Å²) in [5.74, 6) is -0.334. The van der Waals surface area contributed by atoms with E-state index < -0.39 is 0 Å². The molecule has 0 aliphatic carbocycles. The van der Waals surface area contributed by atoms with E-state index in [2.05, 4.69) is 10.1 Å². The molecule has 0 saturated heterocycles. The van der Waals surface area contributed by atoms with Gasteiger partial charge in [-0.05, 0) is 53.4 Å². The van der Waals surface area contributed by atoms with E-state index in [0.29, 0.717) is 23.4 Å². The number of methoxy groups -OCH3 is 1. The van der Waals surface area contributed by atoms with Crippen LogP contribution in [0.15, 0.2) is 66.7 Å². The number of hydrogen-bond donors (Lipinski definition) is 1. The Labute approximate surface area is 180 Å². The Morgan fingerprint density at radius 2 is 1.68 bits per heavy atom. The number of halogens is 1. The molecule has 0 aliphatic rings. The zero-order chi connectivity index (χ0) is 22.2. The van der Waals surface area contributed by atoms with E-state index in [9.17, 15) is 14.0 Å². The van der Waals surface area contributed by atoms with E-state index in [-0.39, 0.29) is 30.7 Å². The van der Waals surface area contributed by atoms with Gasteiger partial charge >= 0.3 is 5.97 Å². The highest BCUT2D eigenvalue weighted by atomic mass is 19.1. The van der Waals surface area contributed by atoms with Crippen LogP contribution in [0.3, 0.4) is 0 Å². The van der Waals surface area contributed by atoms with Crippen molar-refractivity contribution in [2.45, 2.75) is 26.5 Å². The van der Waals surface area contributed by atoms with Gasteiger partial charge in [-0.1, -0.05) is 42.5 Å². The molecule has 0 spiro atoms. The number of esters is 1. The first kappa shape index (κ1) is 22.0. The molecule has 3 aromatic carbocycles. The van der Waals surface area contributed by atoms with Crippen molar-refractivity contribution in [1.29, 1.82) is 0 Å². The highest BCUT2D eigenvalue weighted by molar-refractivity contribution is 5.96.